The summed E-state index contributed by atoms with van der Waals surface area (Å²) in [7, 11) is 5.29. The van der Waals surface area contributed by atoms with Crippen molar-refractivity contribution in [2.75, 3.05) is 34.4 Å². The Morgan fingerprint density at radius 1 is 1.03 bits per heavy atom. The third-order valence-corrected chi connectivity index (χ3v) is 5.92. The first-order valence-electron chi connectivity index (χ1n) is 11.8. The Hall–Kier alpha value is -2.73. The van der Waals surface area contributed by atoms with E-state index in [2.05, 4.69) is 0 Å². The average Bonchev–Trinajstić information content (AvgIpc) is 2.86. The molecule has 0 aliphatic carbocycles. The van der Waals surface area contributed by atoms with Crippen LogP contribution in [0.5, 0.6) is 11.5 Å². The van der Waals surface area contributed by atoms with Crippen molar-refractivity contribution >= 4 is 5.97 Å². The van der Waals surface area contributed by atoms with Gasteiger partial charge in [-0.25, -0.2) is 4.79 Å². The largest absolute Gasteiger partial charge is 0.497 e. The summed E-state index contributed by atoms with van der Waals surface area (Å²) < 4.78 is 22.5. The number of carboxylic acids is 1. The summed E-state index contributed by atoms with van der Waals surface area (Å²) in [5.41, 5.74) is 2.14. The summed E-state index contributed by atoms with van der Waals surface area (Å²) in [6.07, 6.45) is -7.45. The summed E-state index contributed by atoms with van der Waals surface area (Å²) in [5.74, 6) is 0.0137. The molecule has 0 spiro atoms. The van der Waals surface area contributed by atoms with Gasteiger partial charge in [-0.05, 0) is 56.3 Å². The number of carbonyl (C=O) groups is 1. The first kappa shape index (κ1) is 27.9. The van der Waals surface area contributed by atoms with Crippen LogP contribution in [0, 0.1) is 0 Å². The van der Waals surface area contributed by atoms with E-state index in [1.807, 2.05) is 67.5 Å². The molecule has 1 heterocycles. The summed E-state index contributed by atoms with van der Waals surface area (Å²) in [5, 5.41) is 39.6. The lowest BCUT2D eigenvalue weighted by atomic mass is 9.99. The number of carboxylic acid groups (broad SMARTS) is 1. The maximum Gasteiger partial charge on any atom is 0.335 e. The normalized spacial score (nSPS) is 24.9. The van der Waals surface area contributed by atoms with Crippen LogP contribution >= 0.6 is 0 Å². The first-order valence-corrected chi connectivity index (χ1v) is 11.8. The molecule has 6 atom stereocenters. The number of para-hydroxylation sites is 1. The predicted molar refractivity (Wildman–Crippen MR) is 130 cm³/mol. The van der Waals surface area contributed by atoms with Gasteiger partial charge in [0.25, 0.3) is 0 Å². The van der Waals surface area contributed by atoms with Gasteiger partial charge >= 0.3 is 5.97 Å². The van der Waals surface area contributed by atoms with Gasteiger partial charge in [-0.1, -0.05) is 30.3 Å². The molecule has 0 saturated carbocycles. The second-order valence-electron chi connectivity index (χ2n) is 9.03. The molecular formula is C26H35NO9. The quantitative estimate of drug-likeness (QED) is 0.326. The molecule has 4 N–H and O–H groups in total. The minimum absolute atomic E-state index is 0.0807. The lowest BCUT2D eigenvalue weighted by Gasteiger charge is -2.40. The summed E-state index contributed by atoms with van der Waals surface area (Å²) >= 11 is 0. The Labute approximate surface area is 210 Å². The number of ether oxygens (including phenoxy) is 4. The standard InChI is InChI=1S/C26H35NO9/c1-27(2)14-19(35-26-23(30)21(28)22(29)24(36-26)25(31)32)15-34-20-10-5-4-8-17(20)12-11-16-7-6-9-18(13-16)33-3/h4-10,13,19,21-24,26,28-30H,11-12,14-15H2,1-3H3,(H,31,32)/t19-,21+,22+,23-,24+,26-/m1/s1. The summed E-state index contributed by atoms with van der Waals surface area (Å²) in [6, 6.07) is 15.5. The number of methoxy groups -OCH3 is 1. The van der Waals surface area contributed by atoms with Crippen molar-refractivity contribution in [1.82, 2.24) is 4.90 Å². The van der Waals surface area contributed by atoms with Crippen LogP contribution in [0.15, 0.2) is 48.5 Å². The number of aryl methyl sites for hydroxylation is 2. The second kappa shape index (κ2) is 13.0. The minimum atomic E-state index is -1.78. The highest BCUT2D eigenvalue weighted by Crippen LogP contribution is 2.25. The number of likely N-dealkylation sites (N-methyl/N-ethyl adjacent to an activating group) is 1. The molecular weight excluding hydrogens is 470 g/mol. The summed E-state index contributed by atoms with van der Waals surface area (Å²) in [6.45, 7) is 0.451. The summed E-state index contributed by atoms with van der Waals surface area (Å²) in [4.78, 5) is 13.2. The third kappa shape index (κ3) is 7.39. The lowest BCUT2D eigenvalue weighted by molar-refractivity contribution is -0.306. The van der Waals surface area contributed by atoms with Crippen LogP contribution in [0.25, 0.3) is 0 Å². The Bertz CT molecular complexity index is 985. The predicted octanol–water partition coefficient (Wildman–Crippen LogP) is 0.698. The number of aliphatic hydroxyl groups is 3. The molecule has 10 heteroatoms. The van der Waals surface area contributed by atoms with Crippen LogP contribution < -0.4 is 9.47 Å². The van der Waals surface area contributed by atoms with Crippen LogP contribution in [-0.4, -0.2) is 102 Å². The first-order chi connectivity index (χ1) is 17.2. The highest BCUT2D eigenvalue weighted by molar-refractivity contribution is 5.73. The van der Waals surface area contributed by atoms with Crippen LogP contribution in [-0.2, 0) is 27.1 Å². The van der Waals surface area contributed by atoms with E-state index in [0.717, 1.165) is 29.7 Å². The monoisotopic (exact) mass is 505 g/mol. The zero-order chi connectivity index (χ0) is 26.2. The number of aliphatic carboxylic acids is 1. The zero-order valence-corrected chi connectivity index (χ0v) is 20.7. The number of benzene rings is 2. The fourth-order valence-electron chi connectivity index (χ4n) is 4.04. The number of rotatable bonds is 12. The highest BCUT2D eigenvalue weighted by Gasteiger charge is 2.48. The molecule has 0 radical (unpaired) electrons. The van der Waals surface area contributed by atoms with Crippen molar-refractivity contribution in [2.45, 2.75) is 49.7 Å². The van der Waals surface area contributed by atoms with Crippen molar-refractivity contribution in [1.29, 1.82) is 0 Å². The Balaban J connectivity index is 1.67. The van der Waals surface area contributed by atoms with Gasteiger partial charge < -0.3 is 44.3 Å². The smallest absolute Gasteiger partial charge is 0.335 e. The van der Waals surface area contributed by atoms with E-state index in [1.54, 1.807) is 7.11 Å². The maximum atomic E-state index is 11.4. The molecule has 0 unspecified atom stereocenters. The number of nitrogens with zero attached hydrogens (tertiary/aromatic N) is 1. The van der Waals surface area contributed by atoms with Crippen molar-refractivity contribution in [3.05, 3.63) is 59.7 Å². The van der Waals surface area contributed by atoms with Gasteiger partial charge in [-0.2, -0.15) is 0 Å². The molecule has 0 amide bonds. The van der Waals surface area contributed by atoms with E-state index in [-0.39, 0.29) is 6.61 Å². The van der Waals surface area contributed by atoms with Crippen LogP contribution in [0.3, 0.4) is 0 Å². The molecule has 0 bridgehead atoms. The number of aliphatic hydroxyl groups excluding tert-OH is 3. The van der Waals surface area contributed by atoms with E-state index in [1.165, 1.54) is 0 Å². The Morgan fingerprint density at radius 2 is 1.78 bits per heavy atom. The Kier molecular flexibility index (Phi) is 10.1. The highest BCUT2D eigenvalue weighted by atomic mass is 16.7. The zero-order valence-electron chi connectivity index (χ0n) is 20.7. The molecule has 3 rings (SSSR count). The molecule has 36 heavy (non-hydrogen) atoms. The Morgan fingerprint density at radius 3 is 2.47 bits per heavy atom. The van der Waals surface area contributed by atoms with E-state index in [0.29, 0.717) is 12.3 Å². The third-order valence-electron chi connectivity index (χ3n) is 5.92. The van der Waals surface area contributed by atoms with E-state index in [4.69, 9.17) is 18.9 Å². The fraction of sp³-hybridized carbons (Fsp3) is 0.500. The fourth-order valence-corrected chi connectivity index (χ4v) is 4.04. The van der Waals surface area contributed by atoms with Crippen molar-refractivity contribution in [3.63, 3.8) is 0 Å². The molecule has 0 aromatic heterocycles. The van der Waals surface area contributed by atoms with E-state index in [9.17, 15) is 25.2 Å². The number of hydrogen-bond acceptors (Lipinski definition) is 9. The molecule has 2 aromatic carbocycles. The maximum absolute atomic E-state index is 11.4. The van der Waals surface area contributed by atoms with Crippen LogP contribution in [0.4, 0.5) is 0 Å². The van der Waals surface area contributed by atoms with Crippen molar-refractivity contribution < 1.29 is 44.2 Å². The van der Waals surface area contributed by atoms with Gasteiger partial charge in [-0.3, -0.25) is 0 Å². The van der Waals surface area contributed by atoms with Crippen LogP contribution in [0.2, 0.25) is 0 Å². The van der Waals surface area contributed by atoms with Gasteiger partial charge in [0.2, 0.25) is 0 Å². The van der Waals surface area contributed by atoms with E-state index >= 15 is 0 Å². The minimum Gasteiger partial charge on any atom is -0.497 e. The second-order valence-corrected chi connectivity index (χ2v) is 9.03. The van der Waals surface area contributed by atoms with Crippen molar-refractivity contribution in [2.24, 2.45) is 0 Å². The van der Waals surface area contributed by atoms with Crippen molar-refractivity contribution in [3.8, 4) is 11.5 Å². The molecule has 10 nitrogen and oxygen atoms in total. The van der Waals surface area contributed by atoms with Gasteiger partial charge in [0.1, 0.15) is 42.5 Å². The molecule has 2 aromatic rings. The topological polar surface area (TPSA) is 138 Å². The molecule has 1 fully saturated rings. The lowest BCUT2D eigenvalue weighted by Crippen LogP contribution is -2.61. The van der Waals surface area contributed by atoms with Gasteiger partial charge in [0.15, 0.2) is 12.4 Å². The van der Waals surface area contributed by atoms with Crippen LogP contribution in [0.1, 0.15) is 11.1 Å². The van der Waals surface area contributed by atoms with Gasteiger partial charge in [0.05, 0.1) is 7.11 Å². The van der Waals surface area contributed by atoms with E-state index < -0.39 is 42.8 Å². The molecule has 1 aliphatic rings. The number of hydrogen-bond donors (Lipinski definition) is 4. The van der Waals surface area contributed by atoms with Gasteiger partial charge in [0, 0.05) is 6.54 Å². The molecule has 198 valence electrons. The average molecular weight is 506 g/mol. The van der Waals surface area contributed by atoms with Gasteiger partial charge in [-0.15, -0.1) is 0 Å². The molecule has 1 aliphatic heterocycles. The molecule has 1 saturated heterocycles. The SMILES string of the molecule is COc1cccc(CCc2ccccc2OC[C@@H](CN(C)C)O[C@@H]2O[C@H](C(=O)O)[C@@H](O)[C@H](O)[C@H]2O)c1.